The number of piperidine rings is 2. The zero-order chi connectivity index (χ0) is 12.2. The first-order valence-electron chi connectivity index (χ1n) is 6.07. The van der Waals surface area contributed by atoms with Crippen molar-refractivity contribution < 1.29 is 18.0 Å². The van der Waals surface area contributed by atoms with Crippen molar-refractivity contribution in [2.45, 2.75) is 25.1 Å². The van der Waals surface area contributed by atoms with Crippen LogP contribution in [0.1, 0.15) is 12.8 Å². The number of amides is 1. The van der Waals surface area contributed by atoms with E-state index in [0.29, 0.717) is 12.5 Å². The van der Waals surface area contributed by atoms with Gasteiger partial charge in [-0.05, 0) is 37.1 Å². The van der Waals surface area contributed by atoms with Gasteiger partial charge in [0.2, 0.25) is 0 Å². The Morgan fingerprint density at radius 3 is 2.59 bits per heavy atom. The minimum Gasteiger partial charge on any atom is -0.331 e. The fraction of sp³-hybridized carbons (Fsp3) is 0.909. The monoisotopic (exact) mass is 248 g/mol. The Balaban J connectivity index is 1.83. The van der Waals surface area contributed by atoms with Gasteiger partial charge in [-0.1, -0.05) is 0 Å². The molecule has 4 fully saturated rings. The standard InChI is InChI=1S/C11H15F3N2O/c12-11(13,14)10(17)16-5-6-1-2-9(16)8-4-15-3-7(6)8/h6-9,15H,1-5H2/t6-,7-,8+,9+/m1/s1. The lowest BCUT2D eigenvalue weighted by Crippen LogP contribution is -2.61. The average Bonchev–Trinajstić information content (AvgIpc) is 2.77. The second-order valence-electron chi connectivity index (χ2n) is 5.35. The van der Waals surface area contributed by atoms with Crippen LogP contribution in [0.15, 0.2) is 0 Å². The normalized spacial score (nSPS) is 40.5. The van der Waals surface area contributed by atoms with E-state index in [1.165, 1.54) is 0 Å². The van der Waals surface area contributed by atoms with Gasteiger partial charge in [0.15, 0.2) is 0 Å². The van der Waals surface area contributed by atoms with E-state index in [1.807, 2.05) is 0 Å². The number of hydrogen-bond donors (Lipinski definition) is 1. The molecular weight excluding hydrogens is 233 g/mol. The van der Waals surface area contributed by atoms with Gasteiger partial charge >= 0.3 is 12.1 Å². The maximum absolute atomic E-state index is 12.5. The molecule has 0 spiro atoms. The Labute approximate surface area is 97.3 Å². The molecule has 1 amide bonds. The molecular formula is C11H15F3N2O. The van der Waals surface area contributed by atoms with E-state index in [9.17, 15) is 18.0 Å². The molecule has 0 unspecified atom stereocenters. The minimum absolute atomic E-state index is 0.200. The molecule has 2 bridgehead atoms. The van der Waals surface area contributed by atoms with Gasteiger partial charge in [0.1, 0.15) is 0 Å². The predicted octanol–water partition coefficient (Wildman–Crippen LogP) is 1.01. The Morgan fingerprint density at radius 1 is 1.18 bits per heavy atom. The molecule has 1 aliphatic carbocycles. The topological polar surface area (TPSA) is 32.3 Å². The zero-order valence-electron chi connectivity index (χ0n) is 9.33. The first-order valence-corrected chi connectivity index (χ1v) is 6.07. The van der Waals surface area contributed by atoms with Gasteiger partial charge in [0.25, 0.3) is 0 Å². The number of nitrogens with zero attached hydrogens (tertiary/aromatic N) is 1. The van der Waals surface area contributed by atoms with Crippen molar-refractivity contribution in [1.82, 2.24) is 10.2 Å². The van der Waals surface area contributed by atoms with Crippen LogP contribution >= 0.6 is 0 Å². The summed E-state index contributed by atoms with van der Waals surface area (Å²) in [6.07, 6.45) is -3.02. The highest BCUT2D eigenvalue weighted by Crippen LogP contribution is 2.45. The second-order valence-corrected chi connectivity index (χ2v) is 5.35. The quantitative estimate of drug-likeness (QED) is 0.693. The van der Waals surface area contributed by atoms with Crippen LogP contribution < -0.4 is 5.32 Å². The first kappa shape index (κ1) is 11.3. The van der Waals surface area contributed by atoms with Crippen LogP contribution in [0.4, 0.5) is 13.2 Å². The van der Waals surface area contributed by atoms with Crippen molar-refractivity contribution in [2.75, 3.05) is 19.6 Å². The number of fused-ring (bicyclic) bond motifs is 2. The summed E-state index contributed by atoms with van der Waals surface area (Å²) >= 11 is 0. The third-order valence-electron chi connectivity index (χ3n) is 4.58. The third kappa shape index (κ3) is 1.64. The molecule has 0 aromatic heterocycles. The summed E-state index contributed by atoms with van der Waals surface area (Å²) < 4.78 is 37.5. The van der Waals surface area contributed by atoms with E-state index in [-0.39, 0.29) is 17.9 Å². The predicted molar refractivity (Wildman–Crippen MR) is 54.1 cm³/mol. The van der Waals surface area contributed by atoms with Crippen LogP contribution in [0.25, 0.3) is 0 Å². The second kappa shape index (κ2) is 3.60. The van der Waals surface area contributed by atoms with Crippen LogP contribution in [-0.2, 0) is 4.79 Å². The van der Waals surface area contributed by atoms with Gasteiger partial charge in [-0.2, -0.15) is 13.2 Å². The summed E-state index contributed by atoms with van der Waals surface area (Å²) in [7, 11) is 0. The van der Waals surface area contributed by atoms with E-state index < -0.39 is 12.1 Å². The largest absolute Gasteiger partial charge is 0.471 e. The van der Waals surface area contributed by atoms with Gasteiger partial charge in [0, 0.05) is 19.1 Å². The van der Waals surface area contributed by atoms with Crippen molar-refractivity contribution in [3.63, 3.8) is 0 Å². The van der Waals surface area contributed by atoms with Gasteiger partial charge < -0.3 is 10.2 Å². The van der Waals surface area contributed by atoms with Gasteiger partial charge in [0.05, 0.1) is 0 Å². The molecule has 3 nitrogen and oxygen atoms in total. The zero-order valence-corrected chi connectivity index (χ0v) is 9.33. The number of halogens is 3. The lowest BCUT2D eigenvalue weighted by atomic mass is 9.66. The molecule has 4 aliphatic rings. The molecule has 17 heavy (non-hydrogen) atoms. The van der Waals surface area contributed by atoms with Crippen molar-refractivity contribution in [1.29, 1.82) is 0 Å². The number of alkyl halides is 3. The van der Waals surface area contributed by atoms with Crippen LogP contribution in [0, 0.1) is 17.8 Å². The summed E-state index contributed by atoms with van der Waals surface area (Å²) in [6, 6.07) is -0.200. The van der Waals surface area contributed by atoms with E-state index in [0.717, 1.165) is 30.8 Å². The number of carbonyl (C=O) groups is 1. The number of hydrogen-bond acceptors (Lipinski definition) is 2. The Kier molecular flexibility index (Phi) is 2.40. The van der Waals surface area contributed by atoms with Crippen molar-refractivity contribution >= 4 is 5.91 Å². The third-order valence-corrected chi connectivity index (χ3v) is 4.58. The fourth-order valence-electron chi connectivity index (χ4n) is 3.87. The molecule has 3 saturated heterocycles. The van der Waals surface area contributed by atoms with Crippen LogP contribution in [-0.4, -0.2) is 42.7 Å². The molecule has 4 atom stereocenters. The SMILES string of the molecule is O=C(N1C[C@H]2CC[C@H]1[C@H]1CNC[C@H]21)C(F)(F)F. The van der Waals surface area contributed by atoms with E-state index in [1.54, 1.807) is 0 Å². The van der Waals surface area contributed by atoms with E-state index in [2.05, 4.69) is 5.32 Å². The number of rotatable bonds is 0. The molecule has 96 valence electrons. The maximum Gasteiger partial charge on any atom is 0.471 e. The fourth-order valence-corrected chi connectivity index (χ4v) is 3.87. The molecule has 0 radical (unpaired) electrons. The summed E-state index contributed by atoms with van der Waals surface area (Å²) in [5, 5.41) is 3.24. The smallest absolute Gasteiger partial charge is 0.331 e. The highest BCUT2D eigenvalue weighted by Gasteiger charge is 2.54. The molecule has 3 aliphatic heterocycles. The van der Waals surface area contributed by atoms with Gasteiger partial charge in [-0.3, -0.25) is 4.79 Å². The van der Waals surface area contributed by atoms with Crippen molar-refractivity contribution in [3.05, 3.63) is 0 Å². The van der Waals surface area contributed by atoms with E-state index in [4.69, 9.17) is 0 Å². The number of carbonyl (C=O) groups excluding carboxylic acids is 1. The Hall–Kier alpha value is -0.780. The van der Waals surface area contributed by atoms with Crippen LogP contribution in [0.3, 0.4) is 0 Å². The molecule has 0 aromatic rings. The lowest BCUT2D eigenvalue weighted by Gasteiger charge is -2.52. The Bertz CT molecular complexity index is 344. The summed E-state index contributed by atoms with van der Waals surface area (Å²) in [4.78, 5) is 12.5. The molecule has 6 heteroatoms. The van der Waals surface area contributed by atoms with Crippen molar-refractivity contribution in [2.24, 2.45) is 17.8 Å². The number of nitrogens with one attached hydrogen (secondary N) is 1. The Morgan fingerprint density at radius 2 is 1.88 bits per heavy atom. The minimum atomic E-state index is -4.72. The van der Waals surface area contributed by atoms with Crippen LogP contribution in [0.5, 0.6) is 0 Å². The molecule has 3 heterocycles. The lowest BCUT2D eigenvalue weighted by molar-refractivity contribution is -0.196. The average molecular weight is 248 g/mol. The summed E-state index contributed by atoms with van der Waals surface area (Å²) in [5.74, 6) is -0.677. The molecule has 1 N–H and O–H groups in total. The highest BCUT2D eigenvalue weighted by atomic mass is 19.4. The molecule has 1 saturated carbocycles. The molecule has 0 aromatic carbocycles. The van der Waals surface area contributed by atoms with Crippen LogP contribution in [0.2, 0.25) is 0 Å². The summed E-state index contributed by atoms with van der Waals surface area (Å²) in [5.41, 5.74) is 0. The van der Waals surface area contributed by atoms with Gasteiger partial charge in [-0.15, -0.1) is 0 Å². The summed E-state index contributed by atoms with van der Waals surface area (Å²) in [6.45, 7) is 1.96. The highest BCUT2D eigenvalue weighted by molar-refractivity contribution is 5.82. The van der Waals surface area contributed by atoms with E-state index >= 15 is 0 Å². The van der Waals surface area contributed by atoms with Crippen molar-refractivity contribution in [3.8, 4) is 0 Å². The van der Waals surface area contributed by atoms with Gasteiger partial charge in [-0.25, -0.2) is 0 Å². The maximum atomic E-state index is 12.5. The first-order chi connectivity index (χ1) is 7.98. The molecule has 4 rings (SSSR count).